The van der Waals surface area contributed by atoms with E-state index in [0.717, 1.165) is 24.3 Å². The molecule has 4 aliphatic carbocycles. The van der Waals surface area contributed by atoms with Gasteiger partial charge in [-0.25, -0.2) is 4.98 Å². The molecular formula is C22H26F3N5. The maximum absolute atomic E-state index is 13.3. The summed E-state index contributed by atoms with van der Waals surface area (Å²) in [5, 5.41) is 4.79. The molecule has 2 N–H and O–H groups in total. The van der Waals surface area contributed by atoms with E-state index in [9.17, 15) is 13.2 Å². The minimum atomic E-state index is -4.53. The van der Waals surface area contributed by atoms with Gasteiger partial charge >= 0.3 is 6.18 Å². The Morgan fingerprint density at radius 2 is 2.03 bits per heavy atom. The Kier molecular flexibility index (Phi) is 3.59. The third-order valence-electron chi connectivity index (χ3n) is 8.30. The number of nitrogens with zero attached hydrogens (tertiary/aromatic N) is 4. The van der Waals surface area contributed by atoms with Gasteiger partial charge in [-0.15, -0.1) is 0 Å². The fourth-order valence-electron chi connectivity index (χ4n) is 6.45. The lowest BCUT2D eigenvalue weighted by atomic mass is 9.99. The van der Waals surface area contributed by atoms with Crippen molar-refractivity contribution < 1.29 is 13.2 Å². The summed E-state index contributed by atoms with van der Waals surface area (Å²) in [5.74, 6) is 1.67. The smallest absolute Gasteiger partial charge is 0.383 e. The van der Waals surface area contributed by atoms with E-state index in [1.807, 2.05) is 6.07 Å². The van der Waals surface area contributed by atoms with Crippen molar-refractivity contribution in [2.75, 3.05) is 18.8 Å². The number of nitrogen functional groups attached to an aromatic ring is 1. The lowest BCUT2D eigenvalue weighted by Gasteiger charge is -2.36. The van der Waals surface area contributed by atoms with Gasteiger partial charge in [0.25, 0.3) is 0 Å². The number of hydrogen-bond acceptors (Lipinski definition) is 4. The topological polar surface area (TPSA) is 60.0 Å². The van der Waals surface area contributed by atoms with Crippen molar-refractivity contribution in [1.29, 1.82) is 0 Å². The number of alkyl halides is 3. The Morgan fingerprint density at radius 3 is 2.63 bits per heavy atom. The van der Waals surface area contributed by atoms with Crippen molar-refractivity contribution in [3.8, 4) is 11.3 Å². The summed E-state index contributed by atoms with van der Waals surface area (Å²) in [6, 6.07) is 4.01. The highest BCUT2D eigenvalue weighted by atomic mass is 19.4. The number of anilines is 1. The molecule has 5 aliphatic rings. The van der Waals surface area contributed by atoms with Crippen LogP contribution in [-0.4, -0.2) is 38.8 Å². The van der Waals surface area contributed by atoms with E-state index in [4.69, 9.17) is 10.8 Å². The first-order valence-electron chi connectivity index (χ1n) is 11.0. The maximum Gasteiger partial charge on any atom is 0.419 e. The molecule has 2 aromatic heterocycles. The van der Waals surface area contributed by atoms with Crippen LogP contribution in [0.3, 0.4) is 0 Å². The average Bonchev–Trinajstić information content (AvgIpc) is 3.22. The van der Waals surface area contributed by atoms with Gasteiger partial charge in [0, 0.05) is 35.0 Å². The number of halogens is 3. The second-order valence-electron chi connectivity index (χ2n) is 9.55. The van der Waals surface area contributed by atoms with Crippen LogP contribution in [-0.2, 0) is 11.6 Å². The molecule has 1 aliphatic heterocycles. The Hall–Kier alpha value is -2.09. The van der Waals surface area contributed by atoms with E-state index < -0.39 is 17.6 Å². The Balaban J connectivity index is 1.39. The SMILES string of the molecule is CCC(C)n1nc(-c2cnc(N)c(C(F)(F)F)c2)cc1C12C3CC(N4CCC4)C1C32. The number of nitrogens with two attached hydrogens (primary N) is 1. The molecule has 2 bridgehead atoms. The number of fused-ring (bicyclic) bond motifs is 1. The van der Waals surface area contributed by atoms with Crippen LogP contribution in [0, 0.1) is 17.8 Å². The molecular weight excluding hydrogens is 391 g/mol. The highest BCUT2D eigenvalue weighted by Crippen LogP contribution is 2.91. The summed E-state index contributed by atoms with van der Waals surface area (Å²) in [4.78, 5) is 6.43. The van der Waals surface area contributed by atoms with E-state index in [0.29, 0.717) is 23.2 Å². The van der Waals surface area contributed by atoms with Gasteiger partial charge in [0.15, 0.2) is 0 Å². The first-order chi connectivity index (χ1) is 14.3. The van der Waals surface area contributed by atoms with Gasteiger partial charge in [-0.3, -0.25) is 9.58 Å². The van der Waals surface area contributed by atoms with Crippen molar-refractivity contribution >= 4 is 5.82 Å². The van der Waals surface area contributed by atoms with Crippen LogP contribution in [0.4, 0.5) is 19.0 Å². The second-order valence-corrected chi connectivity index (χ2v) is 9.55. The summed E-state index contributed by atoms with van der Waals surface area (Å²) in [5.41, 5.74) is 6.97. The number of pyridine rings is 1. The molecule has 0 spiro atoms. The van der Waals surface area contributed by atoms with E-state index >= 15 is 0 Å². The average molecular weight is 417 g/mol. The molecule has 1 saturated heterocycles. The lowest BCUT2D eigenvalue weighted by Crippen LogP contribution is -2.45. The molecule has 0 radical (unpaired) electrons. The lowest BCUT2D eigenvalue weighted by molar-refractivity contribution is -0.137. The molecule has 5 fully saturated rings. The van der Waals surface area contributed by atoms with Crippen LogP contribution in [0.2, 0.25) is 0 Å². The highest BCUT2D eigenvalue weighted by Gasteiger charge is 2.93. The normalized spacial score (nSPS) is 35.1. The van der Waals surface area contributed by atoms with E-state index in [2.05, 4.69) is 28.4 Å². The fourth-order valence-corrected chi connectivity index (χ4v) is 6.45. The van der Waals surface area contributed by atoms with Crippen LogP contribution >= 0.6 is 0 Å². The molecule has 5 nitrogen and oxygen atoms in total. The molecule has 6 unspecified atom stereocenters. The molecule has 4 saturated carbocycles. The zero-order valence-electron chi connectivity index (χ0n) is 17.2. The number of aromatic nitrogens is 3. The van der Waals surface area contributed by atoms with Crippen molar-refractivity contribution in [3.63, 3.8) is 0 Å². The Labute approximate surface area is 173 Å². The summed E-state index contributed by atoms with van der Waals surface area (Å²) >= 11 is 0. The van der Waals surface area contributed by atoms with Gasteiger partial charge in [0.2, 0.25) is 0 Å². The van der Waals surface area contributed by atoms with Gasteiger partial charge in [0.05, 0.1) is 11.3 Å². The monoisotopic (exact) mass is 417 g/mol. The molecule has 2 aromatic rings. The summed E-state index contributed by atoms with van der Waals surface area (Å²) < 4.78 is 42.1. The quantitative estimate of drug-likeness (QED) is 0.796. The Morgan fingerprint density at radius 1 is 1.27 bits per heavy atom. The highest BCUT2D eigenvalue weighted by molar-refractivity contribution is 5.65. The van der Waals surface area contributed by atoms with Crippen LogP contribution in [0.1, 0.15) is 50.4 Å². The van der Waals surface area contributed by atoms with Crippen molar-refractivity contribution in [1.82, 2.24) is 19.7 Å². The van der Waals surface area contributed by atoms with E-state index in [1.165, 1.54) is 37.8 Å². The van der Waals surface area contributed by atoms with Gasteiger partial charge in [0.1, 0.15) is 5.82 Å². The number of hydrogen-bond donors (Lipinski definition) is 1. The van der Waals surface area contributed by atoms with Gasteiger partial charge in [-0.2, -0.15) is 18.3 Å². The largest absolute Gasteiger partial charge is 0.419 e. The predicted molar refractivity (Wildman–Crippen MR) is 107 cm³/mol. The molecule has 0 aromatic carbocycles. The fraction of sp³-hybridized carbons (Fsp3) is 0.636. The van der Waals surface area contributed by atoms with E-state index in [-0.39, 0.29) is 11.5 Å². The Bertz CT molecular complexity index is 1020. The third-order valence-corrected chi connectivity index (χ3v) is 8.30. The van der Waals surface area contributed by atoms with Crippen LogP contribution < -0.4 is 5.73 Å². The molecule has 160 valence electrons. The minimum absolute atomic E-state index is 0.204. The molecule has 30 heavy (non-hydrogen) atoms. The van der Waals surface area contributed by atoms with Crippen molar-refractivity contribution in [2.24, 2.45) is 17.8 Å². The number of rotatable bonds is 5. The molecule has 8 heteroatoms. The first-order valence-corrected chi connectivity index (χ1v) is 11.0. The first kappa shape index (κ1) is 18.7. The summed E-state index contributed by atoms with van der Waals surface area (Å²) in [6.07, 6.45) is 0.358. The van der Waals surface area contributed by atoms with Crippen molar-refractivity contribution in [2.45, 2.75) is 56.8 Å². The molecule has 0 amide bonds. The summed E-state index contributed by atoms with van der Waals surface area (Å²) in [6.45, 7) is 6.68. The zero-order chi connectivity index (χ0) is 21.0. The third kappa shape index (κ3) is 2.23. The van der Waals surface area contributed by atoms with Gasteiger partial charge < -0.3 is 5.73 Å². The zero-order valence-corrected chi connectivity index (χ0v) is 17.2. The molecule has 7 rings (SSSR count). The minimum Gasteiger partial charge on any atom is -0.383 e. The van der Waals surface area contributed by atoms with Crippen molar-refractivity contribution in [3.05, 3.63) is 29.6 Å². The van der Waals surface area contributed by atoms with Gasteiger partial charge in [-0.1, -0.05) is 6.92 Å². The predicted octanol–water partition coefficient (Wildman–Crippen LogP) is 4.11. The van der Waals surface area contributed by atoms with Crippen LogP contribution in [0.5, 0.6) is 0 Å². The van der Waals surface area contributed by atoms with Crippen LogP contribution in [0.25, 0.3) is 11.3 Å². The summed E-state index contributed by atoms with van der Waals surface area (Å²) in [7, 11) is 0. The maximum atomic E-state index is 13.3. The second kappa shape index (κ2) is 5.78. The van der Waals surface area contributed by atoms with Crippen LogP contribution in [0.15, 0.2) is 18.3 Å². The van der Waals surface area contributed by atoms with E-state index in [1.54, 1.807) is 0 Å². The molecule has 6 atom stereocenters. The molecule has 3 heterocycles. The standard InChI is InChI=1S/C22H26F3N5/c1-3-11(2)30-17(21-13-8-16(19(21)18(13)21)29-5-4-6-29)9-15(28-30)12-7-14(22(23,24)25)20(26)27-10-12/h7,9-11,13,16,18-19H,3-6,8H2,1-2H3,(H2,26,27). The number of likely N-dealkylation sites (tertiary alicyclic amines) is 1. The van der Waals surface area contributed by atoms with Gasteiger partial charge in [-0.05, 0) is 69.2 Å².